The fraction of sp³-hybridized carbons (Fsp3) is 0. The van der Waals surface area contributed by atoms with Gasteiger partial charge in [0.05, 0.1) is 15.5 Å². The average Bonchev–Trinajstić information content (AvgIpc) is 3.09. The number of carbonyl (C=O) groups excluding carboxylic acids is 2. The Morgan fingerprint density at radius 1 is 1.15 bits per heavy atom. The molecule has 1 fully saturated rings. The highest BCUT2D eigenvalue weighted by Gasteiger charge is 2.33. The van der Waals surface area contributed by atoms with E-state index in [9.17, 15) is 24.1 Å². The molecule has 0 aliphatic carbocycles. The molecule has 170 valence electrons. The zero-order valence-corrected chi connectivity index (χ0v) is 19.4. The van der Waals surface area contributed by atoms with Gasteiger partial charge in [-0.15, -0.1) is 0 Å². The summed E-state index contributed by atoms with van der Waals surface area (Å²) in [5.74, 6) is -1.29. The van der Waals surface area contributed by atoms with E-state index in [2.05, 4.69) is 5.32 Å². The van der Waals surface area contributed by atoms with Gasteiger partial charge in [0.1, 0.15) is 10.8 Å². The van der Waals surface area contributed by atoms with Crippen LogP contribution in [0.4, 0.5) is 21.5 Å². The zero-order valence-electron chi connectivity index (χ0n) is 17.0. The number of hydrogen-bond donors (Lipinski definition) is 1. The first kappa shape index (κ1) is 23.6. The van der Waals surface area contributed by atoms with E-state index >= 15 is 0 Å². The van der Waals surface area contributed by atoms with Crippen LogP contribution in [0.1, 0.15) is 15.9 Å². The van der Waals surface area contributed by atoms with E-state index in [4.69, 9.17) is 23.8 Å². The lowest BCUT2D eigenvalue weighted by Gasteiger charge is -2.15. The summed E-state index contributed by atoms with van der Waals surface area (Å²) >= 11 is 12.3. The van der Waals surface area contributed by atoms with Crippen LogP contribution in [0.5, 0.6) is 0 Å². The van der Waals surface area contributed by atoms with E-state index in [1.165, 1.54) is 53.4 Å². The summed E-state index contributed by atoms with van der Waals surface area (Å²) in [4.78, 5) is 37.8. The molecule has 0 atom stereocenters. The molecule has 0 unspecified atom stereocenters. The Balaban J connectivity index is 1.58. The second kappa shape index (κ2) is 9.72. The van der Waals surface area contributed by atoms with E-state index in [0.29, 0.717) is 16.9 Å². The van der Waals surface area contributed by atoms with Crippen LogP contribution in [0.2, 0.25) is 5.02 Å². The van der Waals surface area contributed by atoms with E-state index in [0.717, 1.165) is 11.8 Å². The molecule has 3 aromatic carbocycles. The number of anilines is 2. The van der Waals surface area contributed by atoms with Crippen molar-refractivity contribution in [3.63, 3.8) is 0 Å². The number of halogens is 2. The van der Waals surface area contributed by atoms with Crippen LogP contribution in [0.3, 0.4) is 0 Å². The molecular weight excluding hydrogens is 501 g/mol. The van der Waals surface area contributed by atoms with Crippen molar-refractivity contribution in [1.29, 1.82) is 0 Å². The minimum Gasteiger partial charge on any atom is -0.322 e. The van der Waals surface area contributed by atoms with Gasteiger partial charge >= 0.3 is 0 Å². The first-order valence-electron chi connectivity index (χ1n) is 9.62. The van der Waals surface area contributed by atoms with Crippen molar-refractivity contribution in [3.8, 4) is 0 Å². The summed E-state index contributed by atoms with van der Waals surface area (Å²) in [5, 5.41) is 13.8. The van der Waals surface area contributed by atoms with Crippen molar-refractivity contribution < 1.29 is 18.9 Å². The smallest absolute Gasteiger partial charge is 0.288 e. The summed E-state index contributed by atoms with van der Waals surface area (Å²) in [6, 6.07) is 15.9. The molecular formula is C23H13ClFN3O4S2. The maximum Gasteiger partial charge on any atom is 0.288 e. The fourth-order valence-electron chi connectivity index (χ4n) is 3.12. The van der Waals surface area contributed by atoms with Crippen molar-refractivity contribution in [2.24, 2.45) is 0 Å². The molecule has 11 heteroatoms. The molecule has 7 nitrogen and oxygen atoms in total. The van der Waals surface area contributed by atoms with Gasteiger partial charge in [-0.05, 0) is 60.2 Å². The summed E-state index contributed by atoms with van der Waals surface area (Å²) in [7, 11) is 0. The van der Waals surface area contributed by atoms with Crippen LogP contribution >= 0.6 is 35.6 Å². The van der Waals surface area contributed by atoms with Crippen molar-refractivity contribution in [1.82, 2.24) is 0 Å². The Morgan fingerprint density at radius 2 is 1.88 bits per heavy atom. The van der Waals surface area contributed by atoms with E-state index in [-0.39, 0.29) is 25.5 Å². The maximum absolute atomic E-state index is 13.1. The molecule has 34 heavy (non-hydrogen) atoms. The van der Waals surface area contributed by atoms with Crippen LogP contribution in [0, 0.1) is 15.9 Å². The van der Waals surface area contributed by atoms with Crippen molar-refractivity contribution >= 4 is 74.9 Å². The van der Waals surface area contributed by atoms with Gasteiger partial charge in [-0.25, -0.2) is 4.39 Å². The predicted octanol–water partition coefficient (Wildman–Crippen LogP) is 6.05. The lowest BCUT2D eigenvalue weighted by molar-refractivity contribution is -0.384. The Bertz CT molecular complexity index is 1380. The first-order chi connectivity index (χ1) is 16.2. The third-order valence-corrected chi connectivity index (χ3v) is 6.35. The second-order valence-corrected chi connectivity index (χ2v) is 9.08. The van der Waals surface area contributed by atoms with Crippen molar-refractivity contribution in [2.75, 3.05) is 10.2 Å². The number of thioether (sulfide) groups is 1. The molecule has 3 aromatic rings. The number of nitro groups is 1. The highest BCUT2D eigenvalue weighted by Crippen LogP contribution is 2.37. The topological polar surface area (TPSA) is 92.6 Å². The number of benzene rings is 3. The largest absolute Gasteiger partial charge is 0.322 e. The molecule has 0 saturated carbocycles. The maximum atomic E-state index is 13.1. The molecule has 1 saturated heterocycles. The summed E-state index contributed by atoms with van der Waals surface area (Å²) in [6.07, 6.45) is 1.49. The number of hydrogen-bond acceptors (Lipinski definition) is 6. The number of nitrogens with zero attached hydrogens (tertiary/aromatic N) is 2. The predicted molar refractivity (Wildman–Crippen MR) is 135 cm³/mol. The highest BCUT2D eigenvalue weighted by molar-refractivity contribution is 8.27. The molecule has 0 bridgehead atoms. The summed E-state index contributed by atoms with van der Waals surface area (Å²) < 4.78 is 13.3. The number of nitrogens with one attached hydrogen (secondary N) is 1. The zero-order chi connectivity index (χ0) is 24.4. The van der Waals surface area contributed by atoms with E-state index in [1.54, 1.807) is 24.3 Å². The highest BCUT2D eigenvalue weighted by atomic mass is 35.5. The third kappa shape index (κ3) is 4.98. The van der Waals surface area contributed by atoms with Gasteiger partial charge in [-0.1, -0.05) is 47.7 Å². The Morgan fingerprint density at radius 3 is 2.59 bits per heavy atom. The van der Waals surface area contributed by atoms with Crippen LogP contribution in [0.25, 0.3) is 6.08 Å². The molecule has 1 N–H and O–H groups in total. The first-order valence-corrected chi connectivity index (χ1v) is 11.2. The fourth-order valence-corrected chi connectivity index (χ4v) is 4.61. The summed E-state index contributed by atoms with van der Waals surface area (Å²) in [6.45, 7) is 0. The van der Waals surface area contributed by atoms with Crippen LogP contribution in [-0.4, -0.2) is 21.1 Å². The standard InChI is InChI=1S/C23H13ClFN3O4S2/c24-18-9-4-13(10-19(18)28(31)32)11-20-22(30)27(23(33)34-20)17-3-1-2-14(12-17)21(29)26-16-7-5-15(25)6-8-16/h1-12H,(H,26,29)/b20-11+. The normalized spacial score (nSPS) is 14.5. The van der Waals surface area contributed by atoms with Crippen molar-refractivity contribution in [2.45, 2.75) is 0 Å². The third-order valence-electron chi connectivity index (χ3n) is 4.73. The molecule has 1 aliphatic rings. The van der Waals surface area contributed by atoms with Crippen LogP contribution in [0.15, 0.2) is 71.6 Å². The van der Waals surface area contributed by atoms with Crippen molar-refractivity contribution in [3.05, 3.63) is 104 Å². The SMILES string of the molecule is O=C(Nc1ccc(F)cc1)c1cccc(N2C(=O)/C(=C\c3ccc(Cl)c([N+](=O)[O-])c3)SC2=S)c1. The Hall–Kier alpha value is -3.60. The van der Waals surface area contributed by atoms with Crippen LogP contribution in [-0.2, 0) is 4.79 Å². The molecule has 1 aliphatic heterocycles. The van der Waals surface area contributed by atoms with Gasteiger partial charge in [-0.2, -0.15) is 0 Å². The Labute approximate surface area is 207 Å². The lowest BCUT2D eigenvalue weighted by atomic mass is 10.1. The van der Waals surface area contributed by atoms with E-state index in [1.807, 2.05) is 0 Å². The molecule has 1 heterocycles. The molecule has 2 amide bonds. The Kier molecular flexibility index (Phi) is 6.73. The number of thiocarbonyl (C=S) groups is 1. The lowest BCUT2D eigenvalue weighted by Crippen LogP contribution is -2.27. The van der Waals surface area contributed by atoms with Gasteiger partial charge in [0.2, 0.25) is 0 Å². The molecule has 0 aromatic heterocycles. The molecule has 0 radical (unpaired) electrons. The second-order valence-electron chi connectivity index (χ2n) is 7.00. The summed E-state index contributed by atoms with van der Waals surface area (Å²) in [5.41, 5.74) is 1.23. The van der Waals surface area contributed by atoms with Gasteiger partial charge in [0.25, 0.3) is 17.5 Å². The monoisotopic (exact) mass is 513 g/mol. The number of nitro benzene ring substituents is 1. The van der Waals surface area contributed by atoms with Gasteiger partial charge in [0.15, 0.2) is 4.32 Å². The number of amides is 2. The molecule has 4 rings (SSSR count). The minimum absolute atomic E-state index is 0.00886. The van der Waals surface area contributed by atoms with Gasteiger partial charge in [0, 0.05) is 17.3 Å². The molecule has 0 spiro atoms. The van der Waals surface area contributed by atoms with Crippen LogP contribution < -0.4 is 10.2 Å². The van der Waals surface area contributed by atoms with Gasteiger partial charge in [-0.3, -0.25) is 24.6 Å². The minimum atomic E-state index is -0.604. The number of carbonyl (C=O) groups is 2. The average molecular weight is 514 g/mol. The van der Waals surface area contributed by atoms with Gasteiger partial charge < -0.3 is 5.32 Å². The number of rotatable bonds is 5. The van der Waals surface area contributed by atoms with E-state index < -0.39 is 22.6 Å². The quantitative estimate of drug-likeness (QED) is 0.193.